The lowest BCUT2D eigenvalue weighted by Crippen LogP contribution is -2.34. The Morgan fingerprint density at radius 1 is 1.29 bits per heavy atom. The first-order valence-corrected chi connectivity index (χ1v) is 12.1. The van der Waals surface area contributed by atoms with Crippen LogP contribution < -0.4 is 5.32 Å². The second-order valence-corrected chi connectivity index (χ2v) is 10.0. The number of amides is 1. The second-order valence-electron chi connectivity index (χ2n) is 10.0. The molecule has 35 heavy (non-hydrogen) atoms. The predicted octanol–water partition coefficient (Wildman–Crippen LogP) is 5.84. The Kier molecular flexibility index (Phi) is 7.40. The van der Waals surface area contributed by atoms with Gasteiger partial charge < -0.3 is 20.0 Å². The van der Waals surface area contributed by atoms with E-state index in [-0.39, 0.29) is 12.1 Å². The molecular formula is C27H34N4O4. The highest BCUT2D eigenvalue weighted by atomic mass is 16.6. The highest BCUT2D eigenvalue weighted by molar-refractivity contribution is 6.04. The summed E-state index contributed by atoms with van der Waals surface area (Å²) in [5, 5.41) is 21.2. The number of carbonyl (C=O) groups excluding carboxylic acids is 1. The molecule has 0 aliphatic carbocycles. The monoisotopic (exact) mass is 478 g/mol. The molecule has 2 unspecified atom stereocenters. The van der Waals surface area contributed by atoms with Gasteiger partial charge in [0.15, 0.2) is 0 Å². The number of oxime groups is 1. The van der Waals surface area contributed by atoms with E-state index in [1.807, 2.05) is 55.9 Å². The zero-order valence-corrected chi connectivity index (χ0v) is 20.8. The van der Waals surface area contributed by atoms with Gasteiger partial charge in [-0.25, -0.2) is 9.48 Å². The number of ether oxygens (including phenoxy) is 2. The summed E-state index contributed by atoms with van der Waals surface area (Å²) in [6.45, 7) is 8.81. The van der Waals surface area contributed by atoms with Gasteiger partial charge in [0.1, 0.15) is 11.8 Å². The van der Waals surface area contributed by atoms with Crippen molar-refractivity contribution in [1.29, 1.82) is 0 Å². The standard InChI is InChI=1S/C27H34N4O4/c1-18(15-28-26(32)35-27(2,3)4)19-8-10-20(11-9-19)21-12-13-24-23(22(21)16-29-33)17-31(30-24)25-7-5-6-14-34-25/h8-13,16-18,25,33H,5-7,14-15H2,1-4H3,(H,28,32). The smallest absolute Gasteiger partial charge is 0.407 e. The summed E-state index contributed by atoms with van der Waals surface area (Å²) < 4.78 is 13.1. The number of hydrogen-bond acceptors (Lipinski definition) is 6. The molecule has 1 saturated heterocycles. The molecule has 186 valence electrons. The van der Waals surface area contributed by atoms with Crippen LogP contribution in [0.3, 0.4) is 0 Å². The molecule has 0 spiro atoms. The number of carbonyl (C=O) groups is 1. The molecule has 1 fully saturated rings. The van der Waals surface area contributed by atoms with Crippen LogP contribution in [-0.4, -0.2) is 46.0 Å². The SMILES string of the molecule is CC(CNC(=O)OC(C)(C)C)c1ccc(-c2ccc3nn(C4CCCCO4)cc3c2C=NO)cc1. The van der Waals surface area contributed by atoms with Crippen LogP contribution >= 0.6 is 0 Å². The topological polar surface area (TPSA) is 98.0 Å². The largest absolute Gasteiger partial charge is 0.444 e. The molecule has 4 rings (SSSR count). The van der Waals surface area contributed by atoms with Gasteiger partial charge in [-0.3, -0.25) is 0 Å². The summed E-state index contributed by atoms with van der Waals surface area (Å²) in [5.41, 5.74) is 4.16. The van der Waals surface area contributed by atoms with E-state index in [9.17, 15) is 10.0 Å². The first kappa shape index (κ1) is 24.7. The minimum atomic E-state index is -0.522. The fourth-order valence-electron chi connectivity index (χ4n) is 4.32. The summed E-state index contributed by atoms with van der Waals surface area (Å²) in [6, 6.07) is 12.2. The normalized spacial score (nSPS) is 17.5. The Morgan fingerprint density at radius 2 is 2.06 bits per heavy atom. The molecule has 2 heterocycles. The van der Waals surface area contributed by atoms with Crippen molar-refractivity contribution in [1.82, 2.24) is 15.1 Å². The highest BCUT2D eigenvalue weighted by Crippen LogP contribution is 2.32. The van der Waals surface area contributed by atoms with E-state index in [0.717, 1.165) is 59.0 Å². The van der Waals surface area contributed by atoms with Crippen LogP contribution in [0.4, 0.5) is 4.79 Å². The van der Waals surface area contributed by atoms with E-state index in [1.165, 1.54) is 6.21 Å². The van der Waals surface area contributed by atoms with Crippen LogP contribution in [-0.2, 0) is 9.47 Å². The molecule has 2 atom stereocenters. The van der Waals surface area contributed by atoms with Crippen molar-refractivity contribution in [3.63, 3.8) is 0 Å². The van der Waals surface area contributed by atoms with Crippen LogP contribution in [0.1, 0.15) is 70.2 Å². The summed E-state index contributed by atoms with van der Waals surface area (Å²) in [7, 11) is 0. The van der Waals surface area contributed by atoms with Gasteiger partial charge in [0, 0.05) is 30.3 Å². The molecular weight excluding hydrogens is 444 g/mol. The quantitative estimate of drug-likeness (QED) is 0.264. The van der Waals surface area contributed by atoms with E-state index in [2.05, 4.69) is 29.5 Å². The number of aromatic nitrogens is 2. The minimum absolute atomic E-state index is 0.0615. The molecule has 1 aromatic heterocycles. The molecule has 1 amide bonds. The molecule has 0 saturated carbocycles. The number of rotatable bonds is 6. The van der Waals surface area contributed by atoms with Crippen molar-refractivity contribution in [3.8, 4) is 11.1 Å². The van der Waals surface area contributed by atoms with Gasteiger partial charge in [-0.2, -0.15) is 5.10 Å². The van der Waals surface area contributed by atoms with Crippen molar-refractivity contribution in [3.05, 3.63) is 53.7 Å². The second kappa shape index (κ2) is 10.5. The van der Waals surface area contributed by atoms with Gasteiger partial charge in [-0.15, -0.1) is 0 Å². The zero-order chi connectivity index (χ0) is 25.0. The minimum Gasteiger partial charge on any atom is -0.444 e. The number of benzene rings is 2. The number of nitrogens with one attached hydrogen (secondary N) is 1. The molecule has 2 aromatic carbocycles. The Labute approximate surface area is 205 Å². The van der Waals surface area contributed by atoms with Crippen molar-refractivity contribution in [2.45, 2.75) is 64.7 Å². The van der Waals surface area contributed by atoms with Gasteiger partial charge in [0.2, 0.25) is 0 Å². The third-order valence-electron chi connectivity index (χ3n) is 6.13. The van der Waals surface area contributed by atoms with E-state index < -0.39 is 11.7 Å². The molecule has 3 aromatic rings. The highest BCUT2D eigenvalue weighted by Gasteiger charge is 2.20. The predicted molar refractivity (Wildman–Crippen MR) is 136 cm³/mol. The van der Waals surface area contributed by atoms with E-state index in [4.69, 9.17) is 14.6 Å². The molecule has 8 heteroatoms. The lowest BCUT2D eigenvalue weighted by atomic mass is 9.94. The van der Waals surface area contributed by atoms with Crippen molar-refractivity contribution >= 4 is 23.2 Å². The third kappa shape index (κ3) is 6.00. The summed E-state index contributed by atoms with van der Waals surface area (Å²) in [4.78, 5) is 12.0. The molecule has 0 bridgehead atoms. The van der Waals surface area contributed by atoms with Gasteiger partial charge in [0.05, 0.1) is 11.7 Å². The zero-order valence-electron chi connectivity index (χ0n) is 20.8. The van der Waals surface area contributed by atoms with E-state index >= 15 is 0 Å². The van der Waals surface area contributed by atoms with Gasteiger partial charge in [-0.05, 0) is 68.7 Å². The first-order chi connectivity index (χ1) is 16.7. The number of alkyl carbamates (subject to hydrolysis) is 1. The molecule has 1 aliphatic heterocycles. The summed E-state index contributed by atoms with van der Waals surface area (Å²) in [6.07, 6.45) is 6.10. The first-order valence-electron chi connectivity index (χ1n) is 12.1. The van der Waals surface area contributed by atoms with Crippen LogP contribution in [0.2, 0.25) is 0 Å². The van der Waals surface area contributed by atoms with E-state index in [0.29, 0.717) is 6.54 Å². The molecule has 0 radical (unpaired) electrons. The maximum absolute atomic E-state index is 12.0. The average Bonchev–Trinajstić information content (AvgIpc) is 3.27. The number of hydrogen-bond donors (Lipinski definition) is 2. The Balaban J connectivity index is 1.54. The number of nitrogens with zero attached hydrogens (tertiary/aromatic N) is 3. The molecule has 1 aliphatic rings. The number of fused-ring (bicyclic) bond motifs is 1. The van der Waals surface area contributed by atoms with Gasteiger partial charge >= 0.3 is 6.09 Å². The Hall–Kier alpha value is -3.39. The lowest BCUT2D eigenvalue weighted by Gasteiger charge is -2.22. The fourth-order valence-corrected chi connectivity index (χ4v) is 4.32. The summed E-state index contributed by atoms with van der Waals surface area (Å²) >= 11 is 0. The van der Waals surface area contributed by atoms with Crippen LogP contribution in [0.25, 0.3) is 22.0 Å². The van der Waals surface area contributed by atoms with Crippen molar-refractivity contribution < 1.29 is 19.5 Å². The maximum Gasteiger partial charge on any atom is 0.407 e. The maximum atomic E-state index is 12.0. The average molecular weight is 479 g/mol. The van der Waals surface area contributed by atoms with Crippen LogP contribution in [0, 0.1) is 0 Å². The Bertz CT molecular complexity index is 1190. The molecule has 2 N–H and O–H groups in total. The lowest BCUT2D eigenvalue weighted by molar-refractivity contribution is -0.0390. The third-order valence-corrected chi connectivity index (χ3v) is 6.13. The van der Waals surface area contributed by atoms with Crippen molar-refractivity contribution in [2.24, 2.45) is 5.16 Å². The summed E-state index contributed by atoms with van der Waals surface area (Å²) in [5.74, 6) is 0.117. The van der Waals surface area contributed by atoms with E-state index in [1.54, 1.807) is 0 Å². The van der Waals surface area contributed by atoms with Gasteiger partial charge in [0.25, 0.3) is 0 Å². The fraction of sp³-hybridized carbons (Fsp3) is 0.444. The Morgan fingerprint density at radius 3 is 2.71 bits per heavy atom. The van der Waals surface area contributed by atoms with Gasteiger partial charge in [-0.1, -0.05) is 42.4 Å². The van der Waals surface area contributed by atoms with Crippen LogP contribution in [0.5, 0.6) is 0 Å². The van der Waals surface area contributed by atoms with Crippen LogP contribution in [0.15, 0.2) is 47.8 Å². The van der Waals surface area contributed by atoms with Crippen molar-refractivity contribution in [2.75, 3.05) is 13.2 Å². The molecule has 8 nitrogen and oxygen atoms in total.